The second-order valence-corrected chi connectivity index (χ2v) is 5.43. The van der Waals surface area contributed by atoms with Crippen molar-refractivity contribution in [1.29, 1.82) is 0 Å². The van der Waals surface area contributed by atoms with Gasteiger partial charge in [0.05, 0.1) is 0 Å². The van der Waals surface area contributed by atoms with Crippen LogP contribution in [0.2, 0.25) is 5.02 Å². The van der Waals surface area contributed by atoms with Crippen LogP contribution in [0.1, 0.15) is 31.2 Å². The van der Waals surface area contributed by atoms with E-state index in [0.29, 0.717) is 17.1 Å². The number of rotatable bonds is 4. The van der Waals surface area contributed by atoms with Gasteiger partial charge in [0, 0.05) is 23.4 Å². The topological polar surface area (TPSA) is 43.1 Å². The van der Waals surface area contributed by atoms with Gasteiger partial charge in [-0.25, -0.2) is 4.39 Å². The van der Waals surface area contributed by atoms with Gasteiger partial charge in [0.2, 0.25) is 0 Å². The van der Waals surface area contributed by atoms with Gasteiger partial charge in [-0.15, -0.1) is 0 Å². The molecule has 0 saturated heterocycles. The number of nitrogens with two attached hydrogens (primary N) is 1. The van der Waals surface area contributed by atoms with Gasteiger partial charge in [0.1, 0.15) is 11.6 Å². The molecule has 0 amide bonds. The summed E-state index contributed by atoms with van der Waals surface area (Å²) in [5.41, 5.74) is 6.08. The Labute approximate surface area is 111 Å². The number of halogens is 2. The Hall–Kier alpha value is -0.930. The Balaban J connectivity index is 2.15. The Kier molecular flexibility index (Phi) is 4.03. The van der Waals surface area contributed by atoms with Crippen LogP contribution in [0.3, 0.4) is 0 Å². The van der Waals surface area contributed by atoms with Crippen molar-refractivity contribution in [2.24, 2.45) is 11.1 Å². The van der Waals surface area contributed by atoms with Crippen molar-refractivity contribution in [2.75, 3.05) is 6.54 Å². The monoisotopic (exact) mass is 269 g/mol. The van der Waals surface area contributed by atoms with Gasteiger partial charge in [-0.2, -0.15) is 0 Å². The average Bonchev–Trinajstić information content (AvgIpc) is 2.82. The van der Waals surface area contributed by atoms with E-state index >= 15 is 0 Å². The molecule has 18 heavy (non-hydrogen) atoms. The maximum absolute atomic E-state index is 12.9. The molecule has 0 radical (unpaired) electrons. The summed E-state index contributed by atoms with van der Waals surface area (Å²) in [7, 11) is 0. The van der Waals surface area contributed by atoms with Crippen LogP contribution in [-0.4, -0.2) is 12.3 Å². The largest absolute Gasteiger partial charge is 0.329 e. The third kappa shape index (κ3) is 2.57. The Morgan fingerprint density at radius 3 is 2.61 bits per heavy atom. The summed E-state index contributed by atoms with van der Waals surface area (Å²) < 4.78 is 12.9. The molecule has 2 rings (SSSR count). The molecule has 1 saturated carbocycles. The Morgan fingerprint density at radius 1 is 1.39 bits per heavy atom. The average molecular weight is 270 g/mol. The number of carbonyl (C=O) groups excluding carboxylic acids is 1. The van der Waals surface area contributed by atoms with Crippen LogP contribution in [0.25, 0.3) is 0 Å². The molecule has 1 aromatic rings. The molecule has 0 unspecified atom stereocenters. The lowest BCUT2D eigenvalue weighted by molar-refractivity contribution is -0.127. The van der Waals surface area contributed by atoms with Gasteiger partial charge >= 0.3 is 0 Å². The zero-order chi connectivity index (χ0) is 13.2. The smallest absolute Gasteiger partial charge is 0.144 e. The van der Waals surface area contributed by atoms with Crippen LogP contribution < -0.4 is 5.73 Å². The summed E-state index contributed by atoms with van der Waals surface area (Å²) in [5.74, 6) is -0.249. The lowest BCUT2D eigenvalue weighted by Crippen LogP contribution is -2.37. The van der Waals surface area contributed by atoms with E-state index in [1.165, 1.54) is 12.1 Å². The molecular formula is C14H17ClFNO. The minimum absolute atomic E-state index is 0.135. The van der Waals surface area contributed by atoms with Crippen molar-refractivity contribution in [1.82, 2.24) is 0 Å². The molecule has 2 nitrogen and oxygen atoms in total. The first-order valence-electron chi connectivity index (χ1n) is 6.25. The molecule has 4 heteroatoms. The number of benzene rings is 1. The summed E-state index contributed by atoms with van der Waals surface area (Å²) in [5, 5.41) is 0.313. The number of ketones is 1. The SMILES string of the molecule is NCC1(C(=O)Cc2ccc(F)cc2Cl)CCCC1. The van der Waals surface area contributed by atoms with Gasteiger partial charge in [-0.3, -0.25) is 4.79 Å². The van der Waals surface area contributed by atoms with Crippen LogP contribution >= 0.6 is 11.6 Å². The van der Waals surface area contributed by atoms with Crippen molar-refractivity contribution in [2.45, 2.75) is 32.1 Å². The molecule has 1 aliphatic rings. The van der Waals surface area contributed by atoms with Crippen LogP contribution in [0.4, 0.5) is 4.39 Å². The Morgan fingerprint density at radius 2 is 2.06 bits per heavy atom. The maximum Gasteiger partial charge on any atom is 0.144 e. The number of hydrogen-bond donors (Lipinski definition) is 1. The summed E-state index contributed by atoms with van der Waals surface area (Å²) in [6.07, 6.45) is 4.08. The fourth-order valence-corrected chi connectivity index (χ4v) is 2.91. The molecule has 1 aliphatic carbocycles. The lowest BCUT2D eigenvalue weighted by Gasteiger charge is -2.25. The minimum Gasteiger partial charge on any atom is -0.329 e. The zero-order valence-electron chi connectivity index (χ0n) is 10.2. The van der Waals surface area contributed by atoms with Crippen LogP contribution in [0, 0.1) is 11.2 Å². The molecule has 0 bridgehead atoms. The minimum atomic E-state index is -0.384. The standard InChI is InChI=1S/C14H17ClFNO/c15-12-8-11(16)4-3-10(12)7-13(18)14(9-17)5-1-2-6-14/h3-4,8H,1-2,5-7,9,17H2. The molecule has 0 atom stereocenters. The molecular weight excluding hydrogens is 253 g/mol. The van der Waals surface area contributed by atoms with E-state index in [1.54, 1.807) is 6.07 Å². The highest BCUT2D eigenvalue weighted by Crippen LogP contribution is 2.39. The highest BCUT2D eigenvalue weighted by molar-refractivity contribution is 6.31. The quantitative estimate of drug-likeness (QED) is 0.913. The van der Waals surface area contributed by atoms with Crippen molar-refractivity contribution in [3.63, 3.8) is 0 Å². The first-order chi connectivity index (χ1) is 8.57. The van der Waals surface area contributed by atoms with E-state index in [4.69, 9.17) is 17.3 Å². The van der Waals surface area contributed by atoms with Crippen molar-refractivity contribution < 1.29 is 9.18 Å². The first-order valence-corrected chi connectivity index (χ1v) is 6.62. The van der Waals surface area contributed by atoms with Crippen LogP contribution in [0.5, 0.6) is 0 Å². The van der Waals surface area contributed by atoms with E-state index in [0.717, 1.165) is 25.7 Å². The summed E-state index contributed by atoms with van der Waals surface area (Å²) in [6.45, 7) is 0.393. The molecule has 1 fully saturated rings. The summed E-state index contributed by atoms with van der Waals surface area (Å²) in [6, 6.07) is 4.15. The molecule has 98 valence electrons. The van der Waals surface area contributed by atoms with Gasteiger partial charge in [0.15, 0.2) is 0 Å². The van der Waals surface area contributed by atoms with E-state index in [9.17, 15) is 9.18 Å². The normalized spacial score (nSPS) is 17.9. The molecule has 2 N–H and O–H groups in total. The van der Waals surface area contributed by atoms with E-state index in [2.05, 4.69) is 0 Å². The third-order valence-corrected chi connectivity index (χ3v) is 4.26. The van der Waals surface area contributed by atoms with Gasteiger partial charge in [-0.05, 0) is 30.5 Å². The van der Waals surface area contributed by atoms with Crippen molar-refractivity contribution >= 4 is 17.4 Å². The fraction of sp³-hybridized carbons (Fsp3) is 0.500. The van der Waals surface area contributed by atoms with E-state index in [1.807, 2.05) is 0 Å². The molecule has 0 aromatic heterocycles. The highest BCUT2D eigenvalue weighted by atomic mass is 35.5. The predicted octanol–water partition coefficient (Wildman–Crippen LogP) is 3.11. The second kappa shape index (κ2) is 5.37. The zero-order valence-corrected chi connectivity index (χ0v) is 11.0. The van der Waals surface area contributed by atoms with Crippen LogP contribution in [-0.2, 0) is 11.2 Å². The summed E-state index contributed by atoms with van der Waals surface area (Å²) >= 11 is 5.95. The maximum atomic E-state index is 12.9. The number of hydrogen-bond acceptors (Lipinski definition) is 2. The molecule has 0 aliphatic heterocycles. The van der Waals surface area contributed by atoms with Gasteiger partial charge in [-0.1, -0.05) is 30.5 Å². The van der Waals surface area contributed by atoms with Crippen molar-refractivity contribution in [3.8, 4) is 0 Å². The number of Topliss-reactive ketones (excluding diaryl/α,β-unsaturated/α-hetero) is 1. The first kappa shape index (κ1) is 13.5. The second-order valence-electron chi connectivity index (χ2n) is 5.03. The van der Waals surface area contributed by atoms with E-state index in [-0.39, 0.29) is 23.4 Å². The molecule has 0 spiro atoms. The van der Waals surface area contributed by atoms with Gasteiger partial charge in [0.25, 0.3) is 0 Å². The Bertz CT molecular complexity index is 455. The summed E-state index contributed by atoms with van der Waals surface area (Å²) in [4.78, 5) is 12.4. The highest BCUT2D eigenvalue weighted by Gasteiger charge is 2.39. The molecule has 1 aromatic carbocycles. The van der Waals surface area contributed by atoms with Crippen molar-refractivity contribution in [3.05, 3.63) is 34.6 Å². The van der Waals surface area contributed by atoms with E-state index < -0.39 is 0 Å². The van der Waals surface area contributed by atoms with Crippen LogP contribution in [0.15, 0.2) is 18.2 Å². The molecule has 0 heterocycles. The predicted molar refractivity (Wildman–Crippen MR) is 70.1 cm³/mol. The fourth-order valence-electron chi connectivity index (χ4n) is 2.67. The lowest BCUT2D eigenvalue weighted by atomic mass is 9.79. The third-order valence-electron chi connectivity index (χ3n) is 3.91. The number of carbonyl (C=O) groups is 1. The van der Waals surface area contributed by atoms with Gasteiger partial charge < -0.3 is 5.73 Å².